The number of aliphatic carboxylic acids is 1. The highest BCUT2D eigenvalue weighted by molar-refractivity contribution is 6.07. The van der Waals surface area contributed by atoms with E-state index in [1.165, 1.54) is 0 Å². The van der Waals surface area contributed by atoms with Crippen molar-refractivity contribution < 1.29 is 14.7 Å². The van der Waals surface area contributed by atoms with Crippen molar-refractivity contribution in [3.8, 4) is 0 Å². The summed E-state index contributed by atoms with van der Waals surface area (Å²) >= 11 is 0. The van der Waals surface area contributed by atoms with E-state index in [0.717, 1.165) is 27.5 Å². The number of carbonyl (C=O) groups is 2. The minimum Gasteiger partial charge on any atom is -0.481 e. The zero-order valence-corrected chi connectivity index (χ0v) is 13.7. The highest BCUT2D eigenvalue weighted by Gasteiger charge is 2.09. The molecule has 1 aromatic heterocycles. The summed E-state index contributed by atoms with van der Waals surface area (Å²) in [5.74, 6) is -1.09. The predicted octanol–water partition coefficient (Wildman–Crippen LogP) is 2.78. The van der Waals surface area contributed by atoms with E-state index >= 15 is 0 Å². The normalized spacial score (nSPS) is 10.7. The number of nitrogens with zero attached hydrogens (tertiary/aromatic N) is 1. The lowest BCUT2D eigenvalue weighted by Gasteiger charge is -2.13. The number of pyridine rings is 1. The first-order valence-corrected chi connectivity index (χ1v) is 8.15. The first kappa shape index (κ1) is 16.7. The molecule has 25 heavy (non-hydrogen) atoms. The summed E-state index contributed by atoms with van der Waals surface area (Å²) in [4.78, 5) is 26.9. The number of anilines is 1. The highest BCUT2D eigenvalue weighted by Crippen LogP contribution is 2.30. The summed E-state index contributed by atoms with van der Waals surface area (Å²) in [6.45, 7) is 0.603. The molecule has 0 fully saturated rings. The molecule has 0 unspecified atom stereocenters. The highest BCUT2D eigenvalue weighted by atomic mass is 16.4. The molecule has 2 aromatic carbocycles. The Morgan fingerprint density at radius 2 is 1.48 bits per heavy atom. The van der Waals surface area contributed by atoms with Gasteiger partial charge in [0.2, 0.25) is 5.91 Å². The van der Waals surface area contributed by atoms with E-state index in [1.54, 1.807) is 0 Å². The summed E-state index contributed by atoms with van der Waals surface area (Å²) in [7, 11) is 0. The topological polar surface area (TPSA) is 91.3 Å². The molecule has 0 atom stereocenters. The van der Waals surface area contributed by atoms with Gasteiger partial charge in [-0.2, -0.15) is 0 Å². The van der Waals surface area contributed by atoms with Crippen LogP contribution in [0.2, 0.25) is 0 Å². The number of nitrogens with one attached hydrogen (secondary N) is 2. The van der Waals surface area contributed by atoms with Gasteiger partial charge in [-0.3, -0.25) is 9.59 Å². The van der Waals surface area contributed by atoms with Crippen LogP contribution in [0.5, 0.6) is 0 Å². The molecule has 1 amide bonds. The van der Waals surface area contributed by atoms with E-state index in [-0.39, 0.29) is 25.3 Å². The van der Waals surface area contributed by atoms with Gasteiger partial charge < -0.3 is 15.7 Å². The fourth-order valence-corrected chi connectivity index (χ4v) is 2.73. The Morgan fingerprint density at radius 1 is 0.880 bits per heavy atom. The molecule has 128 valence electrons. The van der Waals surface area contributed by atoms with Gasteiger partial charge in [-0.1, -0.05) is 36.4 Å². The number of amides is 1. The average Bonchev–Trinajstić information content (AvgIpc) is 2.60. The Kier molecular flexibility index (Phi) is 5.09. The van der Waals surface area contributed by atoms with Gasteiger partial charge in [-0.15, -0.1) is 0 Å². The lowest BCUT2D eigenvalue weighted by Crippen LogP contribution is -2.27. The Labute approximate surface area is 144 Å². The second-order valence-corrected chi connectivity index (χ2v) is 5.69. The molecular formula is C19H19N3O3. The van der Waals surface area contributed by atoms with Crippen molar-refractivity contribution in [1.82, 2.24) is 10.3 Å². The van der Waals surface area contributed by atoms with Crippen LogP contribution < -0.4 is 10.6 Å². The largest absolute Gasteiger partial charge is 0.481 e. The van der Waals surface area contributed by atoms with Gasteiger partial charge in [0.15, 0.2) is 0 Å². The molecule has 3 N–H and O–H groups in total. The third-order valence-electron chi connectivity index (χ3n) is 3.90. The summed E-state index contributed by atoms with van der Waals surface area (Å²) < 4.78 is 0. The first-order valence-electron chi connectivity index (χ1n) is 8.15. The van der Waals surface area contributed by atoms with Crippen molar-refractivity contribution in [3.05, 3.63) is 48.5 Å². The Hall–Kier alpha value is -3.15. The predicted molar refractivity (Wildman–Crippen MR) is 97.6 cm³/mol. The molecule has 0 aliphatic carbocycles. The fraction of sp³-hybridized carbons (Fsp3) is 0.211. The summed E-state index contributed by atoms with van der Waals surface area (Å²) in [6.07, 6.45) is 0.198. The second-order valence-electron chi connectivity index (χ2n) is 5.69. The van der Waals surface area contributed by atoms with Crippen molar-refractivity contribution in [3.63, 3.8) is 0 Å². The smallest absolute Gasteiger partial charge is 0.305 e. The molecule has 0 bridgehead atoms. The fourth-order valence-electron chi connectivity index (χ4n) is 2.73. The SMILES string of the molecule is O=C(O)CCNC(=O)CCNc1c2ccccc2nc2ccccc12. The maximum atomic E-state index is 11.8. The van der Waals surface area contributed by atoms with Crippen molar-refractivity contribution in [2.45, 2.75) is 12.8 Å². The van der Waals surface area contributed by atoms with Crippen molar-refractivity contribution in [1.29, 1.82) is 0 Å². The molecule has 0 saturated carbocycles. The lowest BCUT2D eigenvalue weighted by atomic mass is 10.1. The standard InChI is InChI=1S/C19H19N3O3/c23-17(20-12-10-18(24)25)9-11-21-19-13-5-1-3-7-15(13)22-16-8-4-2-6-14(16)19/h1-8H,9-12H2,(H,20,23)(H,21,22)(H,24,25). The van der Waals surface area contributed by atoms with Crippen LogP contribution >= 0.6 is 0 Å². The lowest BCUT2D eigenvalue weighted by molar-refractivity contribution is -0.136. The van der Waals surface area contributed by atoms with Crippen molar-refractivity contribution in [2.75, 3.05) is 18.4 Å². The quantitative estimate of drug-likeness (QED) is 0.577. The van der Waals surface area contributed by atoms with Crippen LogP contribution in [-0.4, -0.2) is 35.1 Å². The van der Waals surface area contributed by atoms with Crippen LogP contribution in [0.1, 0.15) is 12.8 Å². The number of para-hydroxylation sites is 2. The number of fused-ring (bicyclic) bond motifs is 2. The van der Waals surface area contributed by atoms with Crippen LogP contribution in [0.15, 0.2) is 48.5 Å². The first-order chi connectivity index (χ1) is 12.1. The van der Waals surface area contributed by atoms with Gasteiger partial charge in [-0.25, -0.2) is 4.98 Å². The number of aromatic nitrogens is 1. The number of carboxylic acid groups (broad SMARTS) is 1. The summed E-state index contributed by atoms with van der Waals surface area (Å²) in [5, 5.41) is 16.5. The zero-order chi connectivity index (χ0) is 17.6. The number of carbonyl (C=O) groups excluding carboxylic acids is 1. The van der Waals surface area contributed by atoms with E-state index in [9.17, 15) is 9.59 Å². The van der Waals surface area contributed by atoms with E-state index in [1.807, 2.05) is 48.5 Å². The number of hydrogen-bond acceptors (Lipinski definition) is 4. The van der Waals surface area contributed by atoms with Crippen LogP contribution in [0.25, 0.3) is 21.8 Å². The van der Waals surface area contributed by atoms with E-state index < -0.39 is 5.97 Å². The van der Waals surface area contributed by atoms with Crippen molar-refractivity contribution in [2.24, 2.45) is 0 Å². The van der Waals surface area contributed by atoms with E-state index in [4.69, 9.17) is 5.11 Å². The molecule has 6 heteroatoms. The molecule has 0 saturated heterocycles. The van der Waals surface area contributed by atoms with Crippen LogP contribution in [0.4, 0.5) is 5.69 Å². The third-order valence-corrected chi connectivity index (χ3v) is 3.90. The van der Waals surface area contributed by atoms with Gasteiger partial charge in [0, 0.05) is 30.3 Å². The van der Waals surface area contributed by atoms with Gasteiger partial charge in [-0.05, 0) is 12.1 Å². The molecule has 3 aromatic rings. The molecule has 0 aliphatic heterocycles. The van der Waals surface area contributed by atoms with E-state index in [2.05, 4.69) is 15.6 Å². The summed E-state index contributed by atoms with van der Waals surface area (Å²) in [5.41, 5.74) is 2.75. The number of carboxylic acids is 1. The Bertz CT molecular complexity index is 870. The maximum absolute atomic E-state index is 11.8. The minimum absolute atomic E-state index is 0.0706. The average molecular weight is 337 g/mol. The number of rotatable bonds is 7. The third kappa shape index (κ3) is 4.03. The second kappa shape index (κ2) is 7.61. The van der Waals surface area contributed by atoms with Crippen LogP contribution in [0.3, 0.4) is 0 Å². The van der Waals surface area contributed by atoms with Gasteiger partial charge in [0.05, 0.1) is 23.1 Å². The molecule has 1 heterocycles. The molecule has 6 nitrogen and oxygen atoms in total. The van der Waals surface area contributed by atoms with Gasteiger partial charge in [0.25, 0.3) is 0 Å². The monoisotopic (exact) mass is 337 g/mol. The Morgan fingerprint density at radius 3 is 2.08 bits per heavy atom. The minimum atomic E-state index is -0.923. The molecule has 0 aliphatic rings. The number of hydrogen-bond donors (Lipinski definition) is 3. The Balaban J connectivity index is 1.74. The number of benzene rings is 2. The maximum Gasteiger partial charge on any atom is 0.305 e. The molecule has 0 spiro atoms. The van der Waals surface area contributed by atoms with Crippen molar-refractivity contribution >= 4 is 39.4 Å². The molecule has 0 radical (unpaired) electrons. The van der Waals surface area contributed by atoms with Gasteiger partial charge in [0.1, 0.15) is 0 Å². The van der Waals surface area contributed by atoms with Gasteiger partial charge >= 0.3 is 5.97 Å². The summed E-state index contributed by atoms with van der Waals surface area (Å²) in [6, 6.07) is 15.8. The van der Waals surface area contributed by atoms with E-state index in [0.29, 0.717) is 6.54 Å². The molecular weight excluding hydrogens is 318 g/mol. The van der Waals surface area contributed by atoms with Crippen LogP contribution in [-0.2, 0) is 9.59 Å². The zero-order valence-electron chi connectivity index (χ0n) is 13.7. The molecule has 3 rings (SSSR count). The van der Waals surface area contributed by atoms with Crippen LogP contribution in [0, 0.1) is 0 Å².